The molecule has 0 saturated carbocycles. The molecule has 1 nitrogen and oxygen atoms in total. The van der Waals surface area contributed by atoms with Crippen LogP contribution in [-0.4, -0.2) is 4.57 Å². The van der Waals surface area contributed by atoms with Crippen LogP contribution in [0.1, 0.15) is 29.8 Å². The van der Waals surface area contributed by atoms with Gasteiger partial charge in [-0.15, -0.1) is 0 Å². The first-order chi connectivity index (χ1) is 9.84. The SMILES string of the molecule is Cc1cc2c(n1-c1cccc3ccccc13)CCCC2. The standard InChI is InChI=1S/C19H19N/c1-14-13-16-8-3-5-11-18(16)20(14)19-12-6-9-15-7-2-4-10-17(15)19/h2,4,6-7,9-10,12-13H,3,5,8,11H2,1H3. The summed E-state index contributed by atoms with van der Waals surface area (Å²) in [5.41, 5.74) is 5.80. The minimum absolute atomic E-state index is 1.21. The molecule has 0 saturated heterocycles. The third-order valence-electron chi connectivity index (χ3n) is 4.49. The van der Waals surface area contributed by atoms with Crippen LogP contribution >= 0.6 is 0 Å². The molecule has 0 atom stereocenters. The van der Waals surface area contributed by atoms with Crippen molar-refractivity contribution in [2.24, 2.45) is 0 Å². The normalized spacial score (nSPS) is 14.4. The van der Waals surface area contributed by atoms with Gasteiger partial charge in [-0.25, -0.2) is 0 Å². The summed E-state index contributed by atoms with van der Waals surface area (Å²) in [4.78, 5) is 0. The smallest absolute Gasteiger partial charge is 0.0533 e. The van der Waals surface area contributed by atoms with Crippen LogP contribution in [0, 0.1) is 6.92 Å². The van der Waals surface area contributed by atoms with Crippen LogP contribution in [0.2, 0.25) is 0 Å². The summed E-state index contributed by atoms with van der Waals surface area (Å²) in [6, 6.07) is 17.7. The molecule has 100 valence electrons. The Kier molecular flexibility index (Phi) is 2.66. The molecule has 0 aliphatic heterocycles. The zero-order valence-electron chi connectivity index (χ0n) is 11.9. The molecule has 0 unspecified atom stereocenters. The molecule has 0 amide bonds. The fraction of sp³-hybridized carbons (Fsp3) is 0.263. The fourth-order valence-corrected chi connectivity index (χ4v) is 3.59. The van der Waals surface area contributed by atoms with E-state index in [2.05, 4.69) is 60.0 Å². The quantitative estimate of drug-likeness (QED) is 0.592. The highest BCUT2D eigenvalue weighted by Gasteiger charge is 2.18. The average Bonchev–Trinajstić information content (AvgIpc) is 2.82. The molecule has 0 N–H and O–H groups in total. The number of hydrogen-bond donors (Lipinski definition) is 0. The van der Waals surface area contributed by atoms with Gasteiger partial charge in [-0.05, 0) is 55.7 Å². The number of aromatic nitrogens is 1. The Morgan fingerprint density at radius 2 is 1.70 bits per heavy atom. The summed E-state index contributed by atoms with van der Waals surface area (Å²) in [6.45, 7) is 2.24. The topological polar surface area (TPSA) is 4.93 Å². The minimum Gasteiger partial charge on any atom is -0.317 e. The first kappa shape index (κ1) is 11.8. The van der Waals surface area contributed by atoms with Gasteiger partial charge in [-0.3, -0.25) is 0 Å². The van der Waals surface area contributed by atoms with Gasteiger partial charge in [0.05, 0.1) is 5.69 Å². The number of fused-ring (bicyclic) bond motifs is 2. The maximum absolute atomic E-state index is 2.48. The van der Waals surface area contributed by atoms with E-state index < -0.39 is 0 Å². The van der Waals surface area contributed by atoms with Gasteiger partial charge >= 0.3 is 0 Å². The molecule has 1 aliphatic carbocycles. The summed E-state index contributed by atoms with van der Waals surface area (Å²) >= 11 is 0. The second-order valence-corrected chi connectivity index (χ2v) is 5.80. The molecule has 1 heteroatoms. The largest absolute Gasteiger partial charge is 0.317 e. The predicted octanol–water partition coefficient (Wildman–Crippen LogP) is 4.82. The number of nitrogens with zero attached hydrogens (tertiary/aromatic N) is 1. The van der Waals surface area contributed by atoms with E-state index in [1.165, 1.54) is 53.5 Å². The van der Waals surface area contributed by atoms with Crippen molar-refractivity contribution < 1.29 is 0 Å². The van der Waals surface area contributed by atoms with Crippen molar-refractivity contribution in [1.82, 2.24) is 4.57 Å². The lowest BCUT2D eigenvalue weighted by Crippen LogP contribution is -2.08. The molecule has 4 rings (SSSR count). The molecule has 20 heavy (non-hydrogen) atoms. The van der Waals surface area contributed by atoms with Crippen molar-refractivity contribution in [3.8, 4) is 5.69 Å². The summed E-state index contributed by atoms with van der Waals surface area (Å²) in [6.07, 6.45) is 5.12. The number of benzene rings is 2. The third kappa shape index (κ3) is 1.70. The van der Waals surface area contributed by atoms with Crippen molar-refractivity contribution in [1.29, 1.82) is 0 Å². The van der Waals surface area contributed by atoms with E-state index in [4.69, 9.17) is 0 Å². The van der Waals surface area contributed by atoms with Crippen LogP contribution in [0.5, 0.6) is 0 Å². The van der Waals surface area contributed by atoms with Gasteiger partial charge in [-0.2, -0.15) is 0 Å². The Morgan fingerprint density at radius 1 is 0.900 bits per heavy atom. The highest BCUT2D eigenvalue weighted by molar-refractivity contribution is 5.90. The van der Waals surface area contributed by atoms with Gasteiger partial charge in [0.15, 0.2) is 0 Å². The van der Waals surface area contributed by atoms with E-state index in [1.54, 1.807) is 5.56 Å². The minimum atomic E-state index is 1.21. The fourth-order valence-electron chi connectivity index (χ4n) is 3.59. The van der Waals surface area contributed by atoms with Crippen molar-refractivity contribution in [3.63, 3.8) is 0 Å². The zero-order chi connectivity index (χ0) is 13.5. The van der Waals surface area contributed by atoms with Gasteiger partial charge in [0, 0.05) is 16.8 Å². The monoisotopic (exact) mass is 261 g/mol. The summed E-state index contributed by atoms with van der Waals surface area (Å²) < 4.78 is 2.48. The molecule has 0 bridgehead atoms. The Hall–Kier alpha value is -2.02. The number of aryl methyl sites for hydroxylation is 2. The predicted molar refractivity (Wildman–Crippen MR) is 84.7 cm³/mol. The molecule has 2 aromatic carbocycles. The summed E-state index contributed by atoms with van der Waals surface area (Å²) in [5, 5.41) is 2.67. The van der Waals surface area contributed by atoms with Gasteiger partial charge in [0.2, 0.25) is 0 Å². The molecule has 0 fully saturated rings. The maximum atomic E-state index is 2.48. The highest BCUT2D eigenvalue weighted by Crippen LogP contribution is 2.31. The molecule has 0 spiro atoms. The molecule has 1 heterocycles. The summed E-state index contributed by atoms with van der Waals surface area (Å²) in [7, 11) is 0. The van der Waals surface area contributed by atoms with Crippen LogP contribution in [-0.2, 0) is 12.8 Å². The van der Waals surface area contributed by atoms with E-state index >= 15 is 0 Å². The second kappa shape index (κ2) is 4.52. The van der Waals surface area contributed by atoms with Gasteiger partial charge < -0.3 is 4.57 Å². The molecule has 3 aromatic rings. The van der Waals surface area contributed by atoms with Gasteiger partial charge in [0.1, 0.15) is 0 Å². The van der Waals surface area contributed by atoms with Crippen LogP contribution in [0.4, 0.5) is 0 Å². The van der Waals surface area contributed by atoms with E-state index in [0.29, 0.717) is 0 Å². The zero-order valence-corrected chi connectivity index (χ0v) is 11.9. The number of hydrogen-bond acceptors (Lipinski definition) is 0. The second-order valence-electron chi connectivity index (χ2n) is 5.80. The number of rotatable bonds is 1. The van der Waals surface area contributed by atoms with Crippen molar-refractivity contribution in [3.05, 3.63) is 65.5 Å². The third-order valence-corrected chi connectivity index (χ3v) is 4.49. The lowest BCUT2D eigenvalue weighted by molar-refractivity contribution is 0.662. The van der Waals surface area contributed by atoms with E-state index in [0.717, 1.165) is 0 Å². The molecular weight excluding hydrogens is 242 g/mol. The summed E-state index contributed by atoms with van der Waals surface area (Å²) in [5.74, 6) is 0. The van der Waals surface area contributed by atoms with Gasteiger partial charge in [-0.1, -0.05) is 36.4 Å². The lowest BCUT2D eigenvalue weighted by atomic mass is 9.98. The van der Waals surface area contributed by atoms with E-state index in [1.807, 2.05) is 0 Å². The Labute approximate surface area is 119 Å². The lowest BCUT2D eigenvalue weighted by Gasteiger charge is -2.18. The van der Waals surface area contributed by atoms with Crippen molar-refractivity contribution >= 4 is 10.8 Å². The Balaban J connectivity index is 2.02. The maximum Gasteiger partial charge on any atom is 0.0533 e. The average molecular weight is 261 g/mol. The molecule has 0 radical (unpaired) electrons. The molecule has 1 aromatic heterocycles. The molecular formula is C19H19N. The van der Waals surface area contributed by atoms with Crippen molar-refractivity contribution in [2.45, 2.75) is 32.6 Å². The first-order valence-electron chi connectivity index (χ1n) is 7.53. The van der Waals surface area contributed by atoms with Crippen LogP contribution in [0.25, 0.3) is 16.5 Å². The van der Waals surface area contributed by atoms with Crippen molar-refractivity contribution in [2.75, 3.05) is 0 Å². The molecule has 1 aliphatic rings. The van der Waals surface area contributed by atoms with E-state index in [9.17, 15) is 0 Å². The highest BCUT2D eigenvalue weighted by atomic mass is 15.0. The van der Waals surface area contributed by atoms with Crippen LogP contribution in [0.3, 0.4) is 0 Å². The van der Waals surface area contributed by atoms with E-state index in [-0.39, 0.29) is 0 Å². The Bertz CT molecular complexity index is 774. The Morgan fingerprint density at radius 3 is 2.65 bits per heavy atom. The van der Waals surface area contributed by atoms with Crippen LogP contribution < -0.4 is 0 Å². The van der Waals surface area contributed by atoms with Crippen LogP contribution in [0.15, 0.2) is 48.5 Å². The first-order valence-corrected chi connectivity index (χ1v) is 7.53. The van der Waals surface area contributed by atoms with Gasteiger partial charge in [0.25, 0.3) is 0 Å².